The van der Waals surface area contributed by atoms with Crippen LogP contribution in [0.5, 0.6) is 0 Å². The van der Waals surface area contributed by atoms with E-state index in [1.807, 2.05) is 24.3 Å². The Morgan fingerprint density at radius 2 is 2.26 bits per heavy atom. The molecule has 1 aromatic carbocycles. The second-order valence-electron chi connectivity index (χ2n) is 4.10. The average Bonchev–Trinajstić information content (AvgIpc) is 2.39. The molecule has 0 N–H and O–H groups in total. The van der Waals surface area contributed by atoms with Crippen LogP contribution in [0.2, 0.25) is 5.02 Å². The molecule has 0 unspecified atom stereocenters. The van der Waals surface area contributed by atoms with Gasteiger partial charge < -0.3 is 0 Å². The van der Waals surface area contributed by atoms with E-state index in [-0.39, 0.29) is 5.12 Å². The fourth-order valence-electron chi connectivity index (χ4n) is 1.72. The van der Waals surface area contributed by atoms with Gasteiger partial charge in [0, 0.05) is 24.3 Å². The Labute approximate surface area is 121 Å². The van der Waals surface area contributed by atoms with Crippen molar-refractivity contribution in [2.45, 2.75) is 13.3 Å². The van der Waals surface area contributed by atoms with Crippen LogP contribution in [0.3, 0.4) is 0 Å². The van der Waals surface area contributed by atoms with Crippen LogP contribution in [-0.4, -0.2) is 15.9 Å². The second kappa shape index (κ2) is 6.73. The Kier molecular flexibility index (Phi) is 5.00. The lowest BCUT2D eigenvalue weighted by molar-refractivity contribution is -0.109. The van der Waals surface area contributed by atoms with Gasteiger partial charge in [0.25, 0.3) is 0 Å². The molecule has 0 spiro atoms. The highest BCUT2D eigenvalue weighted by atomic mass is 35.5. The number of hydrogen-bond donors (Lipinski definition) is 0. The van der Waals surface area contributed by atoms with Gasteiger partial charge in [0.15, 0.2) is 5.12 Å². The topological polar surface area (TPSA) is 30.0 Å². The standard InChI is InChI=1S/C15H14ClNOS/c1-11(18)19-9-3-2-4-12-5-6-15-13(10-12)14(16)7-8-17-15/h2,4-8,10H,3,9H2,1H3. The average molecular weight is 292 g/mol. The van der Waals surface area contributed by atoms with Gasteiger partial charge >= 0.3 is 0 Å². The van der Waals surface area contributed by atoms with Crippen LogP contribution in [0.15, 0.2) is 36.5 Å². The van der Waals surface area contributed by atoms with E-state index < -0.39 is 0 Å². The number of nitrogens with zero attached hydrogens (tertiary/aromatic N) is 1. The number of aromatic nitrogens is 1. The Balaban J connectivity index is 2.07. The van der Waals surface area contributed by atoms with Crippen molar-refractivity contribution in [2.75, 3.05) is 5.75 Å². The third-order valence-corrected chi connectivity index (χ3v) is 3.79. The number of thioether (sulfide) groups is 1. The normalized spacial score (nSPS) is 11.3. The minimum absolute atomic E-state index is 0.164. The zero-order valence-electron chi connectivity index (χ0n) is 10.6. The zero-order valence-corrected chi connectivity index (χ0v) is 12.2. The summed E-state index contributed by atoms with van der Waals surface area (Å²) in [4.78, 5) is 15.0. The maximum atomic E-state index is 10.8. The number of halogens is 1. The van der Waals surface area contributed by atoms with Crippen LogP contribution in [0.25, 0.3) is 17.0 Å². The van der Waals surface area contributed by atoms with Crippen LogP contribution >= 0.6 is 23.4 Å². The van der Waals surface area contributed by atoms with Crippen LogP contribution < -0.4 is 0 Å². The summed E-state index contributed by atoms with van der Waals surface area (Å²) in [5.41, 5.74) is 1.99. The number of allylic oxidation sites excluding steroid dienone is 1. The number of pyridine rings is 1. The monoisotopic (exact) mass is 291 g/mol. The summed E-state index contributed by atoms with van der Waals surface area (Å²) in [7, 11) is 0. The lowest BCUT2D eigenvalue weighted by atomic mass is 10.1. The Hall–Kier alpha value is -1.32. The van der Waals surface area contributed by atoms with Crippen molar-refractivity contribution in [1.29, 1.82) is 0 Å². The molecule has 2 rings (SSSR count). The van der Waals surface area contributed by atoms with Gasteiger partial charge in [0.1, 0.15) is 0 Å². The number of rotatable bonds is 4. The molecule has 2 nitrogen and oxygen atoms in total. The minimum atomic E-state index is 0.164. The van der Waals surface area contributed by atoms with Gasteiger partial charge in [-0.15, -0.1) is 0 Å². The van der Waals surface area contributed by atoms with Gasteiger partial charge in [-0.3, -0.25) is 9.78 Å². The predicted octanol–water partition coefficient (Wildman–Crippen LogP) is 4.57. The summed E-state index contributed by atoms with van der Waals surface area (Å²) >= 11 is 7.49. The van der Waals surface area contributed by atoms with Crippen molar-refractivity contribution in [1.82, 2.24) is 4.98 Å². The second-order valence-corrected chi connectivity index (χ2v) is 5.78. The van der Waals surface area contributed by atoms with E-state index in [2.05, 4.69) is 11.1 Å². The fourth-order valence-corrected chi connectivity index (χ4v) is 2.47. The molecule has 2 aromatic rings. The molecule has 0 amide bonds. The van der Waals surface area contributed by atoms with Crippen molar-refractivity contribution < 1.29 is 4.79 Å². The molecule has 0 bridgehead atoms. The highest BCUT2D eigenvalue weighted by Crippen LogP contribution is 2.23. The van der Waals surface area contributed by atoms with E-state index in [0.29, 0.717) is 5.02 Å². The Morgan fingerprint density at radius 3 is 3.05 bits per heavy atom. The van der Waals surface area contributed by atoms with Gasteiger partial charge in [0.05, 0.1) is 10.5 Å². The summed E-state index contributed by atoms with van der Waals surface area (Å²) in [6.45, 7) is 1.59. The molecule has 0 aliphatic rings. The van der Waals surface area contributed by atoms with Crippen molar-refractivity contribution in [3.63, 3.8) is 0 Å². The van der Waals surface area contributed by atoms with Gasteiger partial charge in [-0.05, 0) is 30.2 Å². The molecule has 1 aromatic heterocycles. The molecule has 0 fully saturated rings. The molecular weight excluding hydrogens is 278 g/mol. The summed E-state index contributed by atoms with van der Waals surface area (Å²) < 4.78 is 0. The van der Waals surface area contributed by atoms with Crippen LogP contribution in [0.4, 0.5) is 0 Å². The zero-order chi connectivity index (χ0) is 13.7. The van der Waals surface area contributed by atoms with E-state index in [0.717, 1.165) is 28.6 Å². The molecule has 0 atom stereocenters. The summed E-state index contributed by atoms with van der Waals surface area (Å²) in [6.07, 6.45) is 6.70. The van der Waals surface area contributed by atoms with E-state index in [1.54, 1.807) is 19.2 Å². The quantitative estimate of drug-likeness (QED) is 0.773. The first-order valence-corrected chi connectivity index (χ1v) is 7.37. The summed E-state index contributed by atoms with van der Waals surface area (Å²) in [6, 6.07) is 7.80. The van der Waals surface area contributed by atoms with Crippen LogP contribution in [0, 0.1) is 0 Å². The molecule has 19 heavy (non-hydrogen) atoms. The summed E-state index contributed by atoms with van der Waals surface area (Å²) in [5.74, 6) is 0.821. The third kappa shape index (κ3) is 4.08. The molecule has 0 saturated heterocycles. The van der Waals surface area contributed by atoms with Crippen LogP contribution in [-0.2, 0) is 4.79 Å². The maximum absolute atomic E-state index is 10.8. The number of benzene rings is 1. The first-order chi connectivity index (χ1) is 9.16. The molecular formula is C15H14ClNOS. The van der Waals surface area contributed by atoms with E-state index >= 15 is 0 Å². The molecule has 0 aliphatic carbocycles. The number of fused-ring (bicyclic) bond motifs is 1. The van der Waals surface area contributed by atoms with Crippen molar-refractivity contribution in [3.05, 3.63) is 47.1 Å². The smallest absolute Gasteiger partial charge is 0.185 e. The molecule has 98 valence electrons. The van der Waals surface area contributed by atoms with E-state index in [1.165, 1.54) is 11.8 Å². The Morgan fingerprint density at radius 1 is 1.42 bits per heavy atom. The number of carbonyl (C=O) groups is 1. The lowest BCUT2D eigenvalue weighted by Crippen LogP contribution is -1.84. The molecule has 1 heterocycles. The molecule has 0 aliphatic heterocycles. The number of hydrogen-bond acceptors (Lipinski definition) is 3. The summed E-state index contributed by atoms with van der Waals surface area (Å²) in [5, 5.41) is 1.84. The van der Waals surface area contributed by atoms with Gasteiger partial charge in [-0.2, -0.15) is 0 Å². The SMILES string of the molecule is CC(=O)SCCC=Cc1ccc2nccc(Cl)c2c1. The largest absolute Gasteiger partial charge is 0.288 e. The molecule has 0 radical (unpaired) electrons. The Bertz CT molecular complexity index is 625. The predicted molar refractivity (Wildman–Crippen MR) is 83.5 cm³/mol. The van der Waals surface area contributed by atoms with Crippen molar-refractivity contribution >= 4 is 45.5 Å². The van der Waals surface area contributed by atoms with Gasteiger partial charge in [0.2, 0.25) is 0 Å². The highest BCUT2D eigenvalue weighted by Gasteiger charge is 1.99. The van der Waals surface area contributed by atoms with E-state index in [4.69, 9.17) is 11.6 Å². The van der Waals surface area contributed by atoms with Crippen molar-refractivity contribution in [2.24, 2.45) is 0 Å². The minimum Gasteiger partial charge on any atom is -0.288 e. The van der Waals surface area contributed by atoms with E-state index in [9.17, 15) is 4.79 Å². The highest BCUT2D eigenvalue weighted by molar-refractivity contribution is 8.13. The number of carbonyl (C=O) groups excluding carboxylic acids is 1. The van der Waals surface area contributed by atoms with Gasteiger partial charge in [-0.25, -0.2) is 0 Å². The van der Waals surface area contributed by atoms with Crippen LogP contribution in [0.1, 0.15) is 18.9 Å². The van der Waals surface area contributed by atoms with Gasteiger partial charge in [-0.1, -0.05) is 41.6 Å². The molecule has 4 heteroatoms. The first-order valence-electron chi connectivity index (χ1n) is 6.01. The lowest BCUT2D eigenvalue weighted by Gasteiger charge is -2.01. The fraction of sp³-hybridized carbons (Fsp3) is 0.200. The maximum Gasteiger partial charge on any atom is 0.185 e. The third-order valence-electron chi connectivity index (χ3n) is 2.61. The molecule has 0 saturated carbocycles. The van der Waals surface area contributed by atoms with Crippen molar-refractivity contribution in [3.8, 4) is 0 Å². The first kappa shape index (κ1) is 14.1.